The highest BCUT2D eigenvalue weighted by molar-refractivity contribution is 6.11. The van der Waals surface area contributed by atoms with Crippen molar-refractivity contribution in [3.63, 3.8) is 0 Å². The van der Waals surface area contributed by atoms with Crippen LogP contribution in [0.2, 0.25) is 0 Å². The van der Waals surface area contributed by atoms with E-state index in [9.17, 15) is 9.59 Å². The molecule has 0 radical (unpaired) electrons. The molecule has 1 heterocycles. The maximum absolute atomic E-state index is 13.1. The van der Waals surface area contributed by atoms with Gasteiger partial charge >= 0.3 is 6.09 Å². The average molecular weight is 425 g/mol. The third-order valence-corrected chi connectivity index (χ3v) is 6.55. The lowest BCUT2D eigenvalue weighted by Gasteiger charge is -2.40. The maximum Gasteiger partial charge on any atom is 0.414 e. The Labute approximate surface area is 183 Å². The van der Waals surface area contributed by atoms with Crippen molar-refractivity contribution in [2.45, 2.75) is 77.0 Å². The Bertz CT molecular complexity index is 900. The molecule has 0 bridgehead atoms. The number of nitrogens with zero attached hydrogens (tertiary/aromatic N) is 3. The summed E-state index contributed by atoms with van der Waals surface area (Å²) in [6.45, 7) is 3.89. The number of benzene rings is 1. The summed E-state index contributed by atoms with van der Waals surface area (Å²) < 4.78 is 5.80. The van der Waals surface area contributed by atoms with E-state index < -0.39 is 0 Å². The smallest absolute Gasteiger partial charge is 0.414 e. The predicted octanol–water partition coefficient (Wildman–Crippen LogP) is 4.25. The Morgan fingerprint density at radius 1 is 1.13 bits per heavy atom. The van der Waals surface area contributed by atoms with Crippen LogP contribution in [0.3, 0.4) is 0 Å². The second kappa shape index (κ2) is 9.12. The lowest BCUT2D eigenvalue weighted by Crippen LogP contribution is -2.51. The first-order chi connectivity index (χ1) is 15.0. The molecule has 0 spiro atoms. The van der Waals surface area contributed by atoms with Gasteiger partial charge in [0.05, 0.1) is 17.4 Å². The molecule has 1 aliphatic heterocycles. The van der Waals surface area contributed by atoms with Gasteiger partial charge in [0.2, 0.25) is 5.91 Å². The molecular weight excluding hydrogens is 392 g/mol. The minimum Gasteiger partial charge on any atom is -0.446 e. The minimum atomic E-state index is -0.346. The van der Waals surface area contributed by atoms with Crippen LogP contribution in [0.4, 0.5) is 16.2 Å². The number of rotatable bonds is 4. The summed E-state index contributed by atoms with van der Waals surface area (Å²) in [6, 6.07) is 5.96. The topological polar surface area (TPSA) is 88.2 Å². The van der Waals surface area contributed by atoms with Crippen LogP contribution >= 0.6 is 0 Å². The maximum atomic E-state index is 13.1. The summed E-state index contributed by atoms with van der Waals surface area (Å²) in [7, 11) is 0. The van der Waals surface area contributed by atoms with E-state index in [1.807, 2.05) is 31.3 Å². The lowest BCUT2D eigenvalue weighted by atomic mass is 9.94. The number of aliphatic imine (C=N–C) groups is 1. The summed E-state index contributed by atoms with van der Waals surface area (Å²) in [5, 5.41) is 0. The Morgan fingerprint density at radius 3 is 2.48 bits per heavy atom. The molecule has 31 heavy (non-hydrogen) atoms. The van der Waals surface area contributed by atoms with Gasteiger partial charge in [0.25, 0.3) is 0 Å². The van der Waals surface area contributed by atoms with Crippen molar-refractivity contribution in [3.8, 4) is 0 Å². The van der Waals surface area contributed by atoms with E-state index in [1.165, 1.54) is 6.42 Å². The van der Waals surface area contributed by atoms with Gasteiger partial charge in [-0.3, -0.25) is 14.7 Å². The summed E-state index contributed by atoms with van der Waals surface area (Å²) >= 11 is 0. The highest BCUT2D eigenvalue weighted by Crippen LogP contribution is 2.38. The number of carbonyl (C=O) groups is 2. The van der Waals surface area contributed by atoms with Gasteiger partial charge in [-0.15, -0.1) is 0 Å². The minimum absolute atomic E-state index is 0.0191. The summed E-state index contributed by atoms with van der Waals surface area (Å²) in [5.74, 6) is -0.0496. The zero-order chi connectivity index (χ0) is 22.0. The van der Waals surface area contributed by atoms with E-state index in [4.69, 9.17) is 10.5 Å². The fourth-order valence-electron chi connectivity index (χ4n) is 4.61. The van der Waals surface area contributed by atoms with Crippen LogP contribution in [-0.2, 0) is 9.53 Å². The summed E-state index contributed by atoms with van der Waals surface area (Å²) in [5.41, 5.74) is 8.95. The quantitative estimate of drug-likeness (QED) is 0.732. The van der Waals surface area contributed by atoms with Crippen molar-refractivity contribution in [1.82, 2.24) is 0 Å². The second-order valence-electron chi connectivity index (χ2n) is 8.83. The zero-order valence-corrected chi connectivity index (χ0v) is 18.4. The number of carbonyl (C=O) groups excluding carboxylic acids is 2. The third-order valence-electron chi connectivity index (χ3n) is 6.55. The van der Waals surface area contributed by atoms with Crippen molar-refractivity contribution in [2.75, 3.05) is 16.3 Å². The van der Waals surface area contributed by atoms with Gasteiger partial charge in [-0.25, -0.2) is 4.79 Å². The standard InChI is InChI=1S/C24H32N4O3/c1-16-15-27(24(30)31-21-8-3-4-9-21)23-12-18(10-11-22(23)28(16)17(2)29)19(13-25)14-26-20-6-5-7-20/h10-14,16,20-21H,3-9,15,25H2,1-2H3. The number of fused-ring (bicyclic) bond motifs is 1. The fraction of sp³-hybridized carbons (Fsp3) is 0.542. The van der Waals surface area contributed by atoms with Gasteiger partial charge in [-0.1, -0.05) is 6.07 Å². The first-order valence-corrected chi connectivity index (χ1v) is 11.4. The Hall–Kier alpha value is -2.83. The molecule has 0 aromatic heterocycles. The van der Waals surface area contributed by atoms with Crippen molar-refractivity contribution in [2.24, 2.45) is 10.7 Å². The van der Waals surface area contributed by atoms with Crippen LogP contribution in [0.1, 0.15) is 64.4 Å². The van der Waals surface area contributed by atoms with Crippen molar-refractivity contribution < 1.29 is 14.3 Å². The zero-order valence-electron chi connectivity index (χ0n) is 18.4. The highest BCUT2D eigenvalue weighted by Gasteiger charge is 2.35. The molecule has 2 fully saturated rings. The number of allylic oxidation sites excluding steroid dienone is 1. The summed E-state index contributed by atoms with van der Waals surface area (Å²) in [6.07, 6.45) is 10.5. The molecule has 1 aromatic carbocycles. The first kappa shape index (κ1) is 21.4. The molecule has 1 aromatic rings. The molecule has 7 heteroatoms. The van der Waals surface area contributed by atoms with E-state index in [2.05, 4.69) is 4.99 Å². The largest absolute Gasteiger partial charge is 0.446 e. The molecule has 7 nitrogen and oxygen atoms in total. The normalized spacial score (nSPS) is 22.5. The van der Waals surface area contributed by atoms with Crippen molar-refractivity contribution >= 4 is 35.2 Å². The van der Waals surface area contributed by atoms with Gasteiger partial charge in [-0.05, 0) is 69.6 Å². The predicted molar refractivity (Wildman–Crippen MR) is 123 cm³/mol. The number of ether oxygens (including phenoxy) is 1. The van der Waals surface area contributed by atoms with E-state index >= 15 is 0 Å². The lowest BCUT2D eigenvalue weighted by molar-refractivity contribution is -0.117. The molecule has 2 amide bonds. The number of amides is 2. The van der Waals surface area contributed by atoms with E-state index in [0.717, 1.165) is 49.7 Å². The molecule has 1 unspecified atom stereocenters. The van der Waals surface area contributed by atoms with Crippen LogP contribution in [0.15, 0.2) is 29.4 Å². The Balaban J connectivity index is 1.66. The number of hydrogen-bond acceptors (Lipinski definition) is 5. The second-order valence-corrected chi connectivity index (χ2v) is 8.83. The Morgan fingerprint density at radius 2 is 1.87 bits per heavy atom. The van der Waals surface area contributed by atoms with Gasteiger partial charge in [-0.2, -0.15) is 0 Å². The van der Waals surface area contributed by atoms with Crippen LogP contribution in [0.25, 0.3) is 5.57 Å². The molecule has 3 aliphatic rings. The van der Waals surface area contributed by atoms with Gasteiger partial charge in [0.15, 0.2) is 0 Å². The van der Waals surface area contributed by atoms with Crippen LogP contribution in [0, 0.1) is 0 Å². The van der Waals surface area contributed by atoms with Gasteiger partial charge in [0.1, 0.15) is 6.10 Å². The van der Waals surface area contributed by atoms with Crippen molar-refractivity contribution in [1.29, 1.82) is 0 Å². The fourth-order valence-corrected chi connectivity index (χ4v) is 4.61. The number of hydrogen-bond donors (Lipinski definition) is 1. The molecule has 2 saturated carbocycles. The summed E-state index contributed by atoms with van der Waals surface area (Å²) in [4.78, 5) is 33.5. The molecular formula is C24H32N4O3. The SMILES string of the molecule is CC(=O)N1c2ccc(C(C=NC3CCC3)=CN)cc2N(C(=O)OC2CCCC2)CC1C. The molecule has 2 N–H and O–H groups in total. The van der Waals surface area contributed by atoms with Crippen LogP contribution < -0.4 is 15.5 Å². The van der Waals surface area contributed by atoms with E-state index in [0.29, 0.717) is 24.0 Å². The highest BCUT2D eigenvalue weighted by atomic mass is 16.6. The molecule has 4 rings (SSSR count). The van der Waals surface area contributed by atoms with Gasteiger partial charge in [0, 0.05) is 37.5 Å². The van der Waals surface area contributed by atoms with Crippen LogP contribution in [0.5, 0.6) is 0 Å². The van der Waals surface area contributed by atoms with E-state index in [1.54, 1.807) is 22.9 Å². The first-order valence-electron chi connectivity index (χ1n) is 11.4. The van der Waals surface area contributed by atoms with Gasteiger partial charge < -0.3 is 15.4 Å². The molecule has 166 valence electrons. The molecule has 2 aliphatic carbocycles. The Kier molecular flexibility index (Phi) is 6.30. The van der Waals surface area contributed by atoms with E-state index in [-0.39, 0.29) is 24.1 Å². The van der Waals surface area contributed by atoms with Crippen LogP contribution in [-0.4, -0.2) is 42.9 Å². The molecule has 0 saturated heterocycles. The third kappa shape index (κ3) is 4.45. The number of anilines is 2. The van der Waals surface area contributed by atoms with Crippen molar-refractivity contribution in [3.05, 3.63) is 30.0 Å². The monoisotopic (exact) mass is 424 g/mol. The number of nitrogens with two attached hydrogens (primary N) is 1. The molecule has 1 atom stereocenters. The average Bonchev–Trinajstić information content (AvgIpc) is 3.21.